The smallest absolute Gasteiger partial charge is 0.220 e. The number of carbonyl (C=O) groups excluding carboxylic acids is 1. The van der Waals surface area contributed by atoms with Crippen LogP contribution in [0.5, 0.6) is 0 Å². The molecule has 2 rings (SSSR count). The Kier molecular flexibility index (Phi) is 9.45. The van der Waals surface area contributed by atoms with Gasteiger partial charge in [0.25, 0.3) is 0 Å². The Balaban J connectivity index is 1.63. The number of nitrogens with one attached hydrogen (secondary N) is 3. The molecule has 7 heteroatoms. The van der Waals surface area contributed by atoms with Crippen molar-refractivity contribution in [2.45, 2.75) is 58.8 Å². The highest BCUT2D eigenvalue weighted by Gasteiger charge is 2.17. The lowest BCUT2D eigenvalue weighted by Crippen LogP contribution is -2.41. The predicted molar refractivity (Wildman–Crippen MR) is 109 cm³/mol. The predicted octanol–water partition coefficient (Wildman–Crippen LogP) is 2.50. The SMILES string of the molecule is CCNC(=NCCc1ncc(CC)s1)NCCNC(=O)CC1CCCC1. The lowest BCUT2D eigenvalue weighted by molar-refractivity contribution is -0.121. The highest BCUT2D eigenvalue weighted by molar-refractivity contribution is 7.11. The number of amides is 1. The fourth-order valence-electron chi connectivity index (χ4n) is 3.16. The van der Waals surface area contributed by atoms with Crippen LogP contribution < -0.4 is 16.0 Å². The minimum absolute atomic E-state index is 0.177. The number of hydrogen-bond acceptors (Lipinski definition) is 4. The van der Waals surface area contributed by atoms with Crippen molar-refractivity contribution in [3.05, 3.63) is 16.1 Å². The molecule has 0 bridgehead atoms. The standard InChI is InChI=1S/C19H33N5OS/c1-3-16-14-24-18(26-16)9-10-22-19(20-4-2)23-12-11-21-17(25)13-15-7-5-6-8-15/h14-15H,3-13H2,1-2H3,(H,21,25)(H2,20,22,23). The van der Waals surface area contributed by atoms with Gasteiger partial charge in [-0.25, -0.2) is 4.98 Å². The molecular formula is C19H33N5OS. The van der Waals surface area contributed by atoms with Crippen molar-refractivity contribution in [3.8, 4) is 0 Å². The first-order chi connectivity index (χ1) is 12.7. The van der Waals surface area contributed by atoms with Crippen molar-refractivity contribution in [3.63, 3.8) is 0 Å². The summed E-state index contributed by atoms with van der Waals surface area (Å²) in [5.74, 6) is 1.57. The number of aromatic nitrogens is 1. The van der Waals surface area contributed by atoms with E-state index in [9.17, 15) is 4.79 Å². The van der Waals surface area contributed by atoms with E-state index in [0.29, 0.717) is 32.0 Å². The van der Waals surface area contributed by atoms with Crippen LogP contribution in [0.15, 0.2) is 11.2 Å². The summed E-state index contributed by atoms with van der Waals surface area (Å²) in [6.45, 7) is 7.03. The van der Waals surface area contributed by atoms with E-state index < -0.39 is 0 Å². The third kappa shape index (κ3) is 7.72. The number of guanidine groups is 1. The molecule has 1 aliphatic rings. The van der Waals surface area contributed by atoms with Gasteiger partial charge in [-0.3, -0.25) is 9.79 Å². The number of aryl methyl sites for hydroxylation is 1. The summed E-state index contributed by atoms with van der Waals surface area (Å²) < 4.78 is 0. The van der Waals surface area contributed by atoms with E-state index in [1.54, 1.807) is 11.3 Å². The number of rotatable bonds is 10. The molecule has 1 aliphatic carbocycles. The van der Waals surface area contributed by atoms with Gasteiger partial charge in [0.05, 0.1) is 5.01 Å². The highest BCUT2D eigenvalue weighted by atomic mass is 32.1. The second-order valence-corrected chi connectivity index (χ2v) is 7.92. The van der Waals surface area contributed by atoms with E-state index in [2.05, 4.69) is 39.8 Å². The van der Waals surface area contributed by atoms with Gasteiger partial charge in [0, 0.05) is 50.1 Å². The van der Waals surface area contributed by atoms with Gasteiger partial charge in [-0.05, 0) is 32.1 Å². The zero-order chi connectivity index (χ0) is 18.6. The molecule has 0 saturated heterocycles. The molecule has 1 aromatic heterocycles. The molecule has 6 nitrogen and oxygen atoms in total. The topological polar surface area (TPSA) is 78.4 Å². The molecule has 1 saturated carbocycles. The zero-order valence-corrected chi connectivity index (χ0v) is 17.0. The summed E-state index contributed by atoms with van der Waals surface area (Å²) in [6.07, 6.45) is 9.52. The first-order valence-corrected chi connectivity index (χ1v) is 10.7. The van der Waals surface area contributed by atoms with Gasteiger partial charge in [-0.1, -0.05) is 19.8 Å². The Morgan fingerprint density at radius 2 is 2.00 bits per heavy atom. The Hall–Kier alpha value is -1.63. The third-order valence-corrected chi connectivity index (χ3v) is 5.78. The maximum absolute atomic E-state index is 11.9. The molecule has 1 amide bonds. The molecule has 1 heterocycles. The van der Waals surface area contributed by atoms with Gasteiger partial charge < -0.3 is 16.0 Å². The molecule has 3 N–H and O–H groups in total. The van der Waals surface area contributed by atoms with Crippen molar-refractivity contribution in [1.29, 1.82) is 0 Å². The maximum atomic E-state index is 11.9. The highest BCUT2D eigenvalue weighted by Crippen LogP contribution is 2.27. The largest absolute Gasteiger partial charge is 0.357 e. The normalized spacial score (nSPS) is 15.2. The van der Waals surface area contributed by atoms with Crippen molar-refractivity contribution in [1.82, 2.24) is 20.9 Å². The molecule has 0 radical (unpaired) electrons. The van der Waals surface area contributed by atoms with Crippen LogP contribution in [0, 0.1) is 5.92 Å². The average Bonchev–Trinajstić information content (AvgIpc) is 3.30. The molecule has 0 aromatic carbocycles. The number of nitrogens with zero attached hydrogens (tertiary/aromatic N) is 2. The van der Waals surface area contributed by atoms with Gasteiger partial charge in [-0.15, -0.1) is 11.3 Å². The van der Waals surface area contributed by atoms with Crippen LogP contribution in [0.3, 0.4) is 0 Å². The van der Waals surface area contributed by atoms with Crippen LogP contribution in [-0.4, -0.2) is 43.0 Å². The monoisotopic (exact) mass is 379 g/mol. The summed E-state index contributed by atoms with van der Waals surface area (Å²) in [6, 6.07) is 0. The fourth-order valence-corrected chi connectivity index (χ4v) is 4.01. The first-order valence-electron chi connectivity index (χ1n) is 9.93. The molecule has 0 unspecified atom stereocenters. The Morgan fingerprint density at radius 3 is 2.69 bits per heavy atom. The van der Waals surface area contributed by atoms with E-state index in [1.807, 2.05) is 6.20 Å². The molecular weight excluding hydrogens is 346 g/mol. The number of thiazole rings is 1. The minimum Gasteiger partial charge on any atom is -0.357 e. The average molecular weight is 380 g/mol. The lowest BCUT2D eigenvalue weighted by atomic mass is 10.0. The summed E-state index contributed by atoms with van der Waals surface area (Å²) in [5.41, 5.74) is 0. The Bertz CT molecular complexity index is 566. The maximum Gasteiger partial charge on any atom is 0.220 e. The van der Waals surface area contributed by atoms with Gasteiger partial charge in [0.1, 0.15) is 0 Å². The quantitative estimate of drug-likeness (QED) is 0.332. The van der Waals surface area contributed by atoms with Crippen molar-refractivity contribution < 1.29 is 4.79 Å². The van der Waals surface area contributed by atoms with E-state index >= 15 is 0 Å². The van der Waals surface area contributed by atoms with Gasteiger partial charge in [-0.2, -0.15) is 0 Å². The number of aliphatic imine (C=N–C) groups is 1. The molecule has 1 fully saturated rings. The Morgan fingerprint density at radius 1 is 1.23 bits per heavy atom. The van der Waals surface area contributed by atoms with Gasteiger partial charge in [0.2, 0.25) is 5.91 Å². The molecule has 26 heavy (non-hydrogen) atoms. The van der Waals surface area contributed by atoms with Crippen LogP contribution >= 0.6 is 11.3 Å². The zero-order valence-electron chi connectivity index (χ0n) is 16.1. The third-order valence-electron chi connectivity index (χ3n) is 4.58. The molecule has 0 spiro atoms. The van der Waals surface area contributed by atoms with E-state index in [4.69, 9.17) is 0 Å². The summed E-state index contributed by atoms with van der Waals surface area (Å²) in [4.78, 5) is 22.3. The molecule has 0 aliphatic heterocycles. The summed E-state index contributed by atoms with van der Waals surface area (Å²) >= 11 is 1.77. The number of carbonyl (C=O) groups is 1. The van der Waals surface area contributed by atoms with Crippen molar-refractivity contribution in [2.75, 3.05) is 26.2 Å². The van der Waals surface area contributed by atoms with Crippen LogP contribution in [0.1, 0.15) is 55.8 Å². The lowest BCUT2D eigenvalue weighted by Gasteiger charge is -2.13. The van der Waals surface area contributed by atoms with Gasteiger partial charge >= 0.3 is 0 Å². The molecule has 146 valence electrons. The van der Waals surface area contributed by atoms with E-state index in [1.165, 1.54) is 30.6 Å². The van der Waals surface area contributed by atoms with Crippen LogP contribution in [-0.2, 0) is 17.6 Å². The second kappa shape index (κ2) is 11.9. The minimum atomic E-state index is 0.177. The van der Waals surface area contributed by atoms with Crippen LogP contribution in [0.25, 0.3) is 0 Å². The number of hydrogen-bond donors (Lipinski definition) is 3. The van der Waals surface area contributed by atoms with Crippen LogP contribution in [0.2, 0.25) is 0 Å². The first kappa shape index (κ1) is 20.7. The van der Waals surface area contributed by atoms with E-state index in [-0.39, 0.29) is 5.91 Å². The van der Waals surface area contributed by atoms with E-state index in [0.717, 1.165) is 30.4 Å². The van der Waals surface area contributed by atoms with Crippen molar-refractivity contribution in [2.24, 2.45) is 10.9 Å². The van der Waals surface area contributed by atoms with Crippen molar-refractivity contribution >= 4 is 23.2 Å². The molecule has 0 atom stereocenters. The second-order valence-electron chi connectivity index (χ2n) is 6.72. The van der Waals surface area contributed by atoms with Crippen LogP contribution in [0.4, 0.5) is 0 Å². The summed E-state index contributed by atoms with van der Waals surface area (Å²) in [5, 5.41) is 10.7. The summed E-state index contributed by atoms with van der Waals surface area (Å²) in [7, 11) is 0. The fraction of sp³-hybridized carbons (Fsp3) is 0.737. The Labute approximate surface area is 161 Å². The molecule has 1 aromatic rings. The van der Waals surface area contributed by atoms with Gasteiger partial charge in [0.15, 0.2) is 5.96 Å².